The van der Waals surface area contributed by atoms with Crippen molar-refractivity contribution in [3.05, 3.63) is 52.2 Å². The standard InChI is InChI=1S/C15H16FNO2/c1-9(2)11-5-4-10(16)6-12(11)13-7-15(18)17-8-14(13)19-3/h4-9H,1-3H3,(H,17,18). The number of hydrogen-bond acceptors (Lipinski definition) is 2. The van der Waals surface area contributed by atoms with Gasteiger partial charge >= 0.3 is 0 Å². The smallest absolute Gasteiger partial charge is 0.248 e. The first-order valence-electron chi connectivity index (χ1n) is 6.09. The van der Waals surface area contributed by atoms with Crippen molar-refractivity contribution < 1.29 is 9.13 Å². The normalized spacial score (nSPS) is 10.8. The van der Waals surface area contributed by atoms with Crippen molar-refractivity contribution in [1.29, 1.82) is 0 Å². The Morgan fingerprint density at radius 1 is 1.21 bits per heavy atom. The first-order chi connectivity index (χ1) is 9.02. The second-order valence-corrected chi connectivity index (χ2v) is 4.67. The van der Waals surface area contributed by atoms with Crippen molar-refractivity contribution >= 4 is 0 Å². The van der Waals surface area contributed by atoms with E-state index in [1.807, 2.05) is 13.8 Å². The molecular formula is C15H16FNO2. The molecule has 0 saturated carbocycles. The molecule has 2 rings (SSSR count). The molecule has 0 unspecified atom stereocenters. The lowest BCUT2D eigenvalue weighted by Crippen LogP contribution is -2.06. The number of benzene rings is 1. The first kappa shape index (κ1) is 13.3. The van der Waals surface area contributed by atoms with Gasteiger partial charge in [0.05, 0.1) is 7.11 Å². The van der Waals surface area contributed by atoms with E-state index in [1.54, 1.807) is 6.07 Å². The molecule has 2 aromatic rings. The minimum Gasteiger partial charge on any atom is -0.495 e. The fourth-order valence-electron chi connectivity index (χ4n) is 2.10. The highest BCUT2D eigenvalue weighted by molar-refractivity contribution is 5.73. The van der Waals surface area contributed by atoms with Crippen LogP contribution in [0.5, 0.6) is 5.75 Å². The van der Waals surface area contributed by atoms with E-state index in [2.05, 4.69) is 4.98 Å². The Morgan fingerprint density at radius 3 is 2.58 bits per heavy atom. The first-order valence-corrected chi connectivity index (χ1v) is 6.09. The predicted molar refractivity (Wildman–Crippen MR) is 73.1 cm³/mol. The van der Waals surface area contributed by atoms with Crippen LogP contribution in [0.15, 0.2) is 35.3 Å². The molecule has 19 heavy (non-hydrogen) atoms. The number of halogens is 1. The maximum absolute atomic E-state index is 13.5. The Balaban J connectivity index is 2.73. The summed E-state index contributed by atoms with van der Waals surface area (Å²) in [4.78, 5) is 14.0. The third kappa shape index (κ3) is 2.67. The van der Waals surface area contributed by atoms with Crippen molar-refractivity contribution in [3.8, 4) is 16.9 Å². The molecule has 1 N–H and O–H groups in total. The number of H-pyrrole nitrogens is 1. The molecule has 3 nitrogen and oxygen atoms in total. The highest BCUT2D eigenvalue weighted by atomic mass is 19.1. The van der Waals surface area contributed by atoms with Gasteiger partial charge in [-0.2, -0.15) is 0 Å². The molecule has 0 amide bonds. The predicted octanol–water partition coefficient (Wildman–Crippen LogP) is 3.31. The molecule has 1 aromatic heterocycles. The Bertz CT molecular complexity index is 647. The number of methoxy groups -OCH3 is 1. The molecule has 4 heteroatoms. The number of ether oxygens (including phenoxy) is 1. The third-order valence-corrected chi connectivity index (χ3v) is 3.03. The molecule has 0 aliphatic carbocycles. The zero-order chi connectivity index (χ0) is 14.0. The molecule has 0 radical (unpaired) electrons. The monoisotopic (exact) mass is 261 g/mol. The largest absolute Gasteiger partial charge is 0.495 e. The zero-order valence-electron chi connectivity index (χ0n) is 11.2. The van der Waals surface area contributed by atoms with E-state index >= 15 is 0 Å². The molecule has 100 valence electrons. The van der Waals surface area contributed by atoms with Gasteiger partial charge in [-0.15, -0.1) is 0 Å². The SMILES string of the molecule is COc1c[nH]c(=O)cc1-c1cc(F)ccc1C(C)C. The van der Waals surface area contributed by atoms with Gasteiger partial charge in [0.1, 0.15) is 11.6 Å². The van der Waals surface area contributed by atoms with Crippen LogP contribution in [0.2, 0.25) is 0 Å². The minimum atomic E-state index is -0.332. The maximum atomic E-state index is 13.5. The van der Waals surface area contributed by atoms with Crippen LogP contribution in [0, 0.1) is 5.82 Å². The van der Waals surface area contributed by atoms with Crippen LogP contribution >= 0.6 is 0 Å². The lowest BCUT2D eigenvalue weighted by atomic mass is 9.92. The van der Waals surface area contributed by atoms with Crippen molar-refractivity contribution in [2.75, 3.05) is 7.11 Å². The van der Waals surface area contributed by atoms with Crippen molar-refractivity contribution in [2.45, 2.75) is 19.8 Å². The Morgan fingerprint density at radius 2 is 1.95 bits per heavy atom. The molecule has 0 aliphatic rings. The molecule has 0 fully saturated rings. The number of aromatic amines is 1. The van der Waals surface area contributed by atoms with Crippen molar-refractivity contribution in [1.82, 2.24) is 4.98 Å². The Kier molecular flexibility index (Phi) is 3.69. The number of pyridine rings is 1. The molecular weight excluding hydrogens is 245 g/mol. The van der Waals surface area contributed by atoms with Gasteiger partial charge in [0.2, 0.25) is 5.56 Å². The summed E-state index contributed by atoms with van der Waals surface area (Å²) in [6.45, 7) is 4.05. The van der Waals surface area contributed by atoms with Crippen LogP contribution in [0.4, 0.5) is 4.39 Å². The Labute approximate surface area is 111 Å². The maximum Gasteiger partial charge on any atom is 0.248 e. The average Bonchev–Trinajstić information content (AvgIpc) is 2.38. The zero-order valence-corrected chi connectivity index (χ0v) is 11.2. The van der Waals surface area contributed by atoms with Gasteiger partial charge in [0.15, 0.2) is 0 Å². The van der Waals surface area contributed by atoms with E-state index in [4.69, 9.17) is 4.74 Å². The van der Waals surface area contributed by atoms with Gasteiger partial charge in [0.25, 0.3) is 0 Å². The van der Waals surface area contributed by atoms with Gasteiger partial charge in [0, 0.05) is 17.8 Å². The van der Waals surface area contributed by atoms with Crippen LogP contribution in [0.1, 0.15) is 25.3 Å². The molecule has 1 heterocycles. The van der Waals surface area contributed by atoms with E-state index in [-0.39, 0.29) is 17.3 Å². The molecule has 0 bridgehead atoms. The summed E-state index contributed by atoms with van der Waals surface area (Å²) < 4.78 is 18.7. The number of hydrogen-bond donors (Lipinski definition) is 1. The summed E-state index contributed by atoms with van der Waals surface area (Å²) >= 11 is 0. The van der Waals surface area contributed by atoms with Gasteiger partial charge in [-0.3, -0.25) is 4.79 Å². The minimum absolute atomic E-state index is 0.222. The van der Waals surface area contributed by atoms with E-state index in [9.17, 15) is 9.18 Å². The number of rotatable bonds is 3. The van der Waals surface area contributed by atoms with Crippen LogP contribution in [-0.2, 0) is 0 Å². The van der Waals surface area contributed by atoms with Crippen LogP contribution in [-0.4, -0.2) is 12.1 Å². The van der Waals surface area contributed by atoms with E-state index in [0.29, 0.717) is 16.9 Å². The summed E-state index contributed by atoms with van der Waals surface area (Å²) in [6.07, 6.45) is 1.49. The number of aromatic nitrogens is 1. The highest BCUT2D eigenvalue weighted by Crippen LogP contribution is 2.34. The third-order valence-electron chi connectivity index (χ3n) is 3.03. The summed E-state index contributed by atoms with van der Waals surface area (Å²) in [6, 6.07) is 6.04. The van der Waals surface area contributed by atoms with Crippen molar-refractivity contribution in [3.63, 3.8) is 0 Å². The topological polar surface area (TPSA) is 42.1 Å². The van der Waals surface area contributed by atoms with E-state index < -0.39 is 0 Å². The number of nitrogens with one attached hydrogen (secondary N) is 1. The molecule has 1 aromatic carbocycles. The average molecular weight is 261 g/mol. The van der Waals surface area contributed by atoms with Crippen LogP contribution < -0.4 is 10.3 Å². The second kappa shape index (κ2) is 5.26. The summed E-state index contributed by atoms with van der Waals surface area (Å²) in [5.74, 6) is 0.411. The molecule has 0 atom stereocenters. The van der Waals surface area contributed by atoms with Gasteiger partial charge in [-0.05, 0) is 29.2 Å². The molecule has 0 spiro atoms. The van der Waals surface area contributed by atoms with Gasteiger partial charge < -0.3 is 9.72 Å². The summed E-state index contributed by atoms with van der Waals surface area (Å²) in [5.41, 5.74) is 2.03. The second-order valence-electron chi connectivity index (χ2n) is 4.67. The Hall–Kier alpha value is -2.10. The lowest BCUT2D eigenvalue weighted by molar-refractivity contribution is 0.414. The van der Waals surface area contributed by atoms with Crippen molar-refractivity contribution in [2.24, 2.45) is 0 Å². The molecule has 0 saturated heterocycles. The fraction of sp³-hybridized carbons (Fsp3) is 0.267. The van der Waals surface area contributed by atoms with E-state index in [1.165, 1.54) is 31.5 Å². The molecule has 0 aliphatic heterocycles. The highest BCUT2D eigenvalue weighted by Gasteiger charge is 2.14. The van der Waals surface area contributed by atoms with Gasteiger partial charge in [-0.25, -0.2) is 4.39 Å². The summed E-state index contributed by atoms with van der Waals surface area (Å²) in [5, 5.41) is 0. The lowest BCUT2D eigenvalue weighted by Gasteiger charge is -2.15. The van der Waals surface area contributed by atoms with E-state index in [0.717, 1.165) is 5.56 Å². The van der Waals surface area contributed by atoms with Crippen LogP contribution in [0.25, 0.3) is 11.1 Å². The fourth-order valence-corrected chi connectivity index (χ4v) is 2.10. The summed E-state index contributed by atoms with van der Waals surface area (Å²) in [7, 11) is 1.52. The van der Waals surface area contributed by atoms with Crippen LogP contribution in [0.3, 0.4) is 0 Å². The van der Waals surface area contributed by atoms with Gasteiger partial charge in [-0.1, -0.05) is 19.9 Å². The quantitative estimate of drug-likeness (QED) is 0.921.